The number of aliphatic hydroxyl groups is 1. The van der Waals surface area contributed by atoms with E-state index in [2.05, 4.69) is 5.32 Å². The summed E-state index contributed by atoms with van der Waals surface area (Å²) in [6.07, 6.45) is -1.01. The van der Waals surface area contributed by atoms with Gasteiger partial charge in [0, 0.05) is 18.5 Å². The van der Waals surface area contributed by atoms with Crippen LogP contribution in [0.15, 0.2) is 60.7 Å². The van der Waals surface area contributed by atoms with Crippen LogP contribution in [0.1, 0.15) is 23.1 Å². The minimum atomic E-state index is -1.01. The van der Waals surface area contributed by atoms with E-state index < -0.39 is 17.7 Å². The monoisotopic (exact) mass is 327 g/mol. The van der Waals surface area contributed by atoms with Gasteiger partial charge in [-0.1, -0.05) is 42.5 Å². The van der Waals surface area contributed by atoms with Gasteiger partial charge in [-0.05, 0) is 41.1 Å². The second kappa shape index (κ2) is 7.07. The first-order valence-electron chi connectivity index (χ1n) is 7.86. The number of rotatable bonds is 5. The zero-order chi connectivity index (χ0) is 17.1. The van der Waals surface area contributed by atoms with E-state index in [1.165, 1.54) is 12.1 Å². The lowest BCUT2D eigenvalue weighted by atomic mass is 9.88. The highest BCUT2D eigenvalue weighted by Crippen LogP contribution is 2.32. The number of hydrogen-bond donors (Lipinski definition) is 2. The number of halogens is 2. The Bertz CT molecular complexity index is 830. The molecular formula is C20H19F2NO. The van der Waals surface area contributed by atoms with Crippen LogP contribution < -0.4 is 5.32 Å². The summed E-state index contributed by atoms with van der Waals surface area (Å²) >= 11 is 0. The van der Waals surface area contributed by atoms with Crippen molar-refractivity contribution in [1.29, 1.82) is 0 Å². The summed E-state index contributed by atoms with van der Waals surface area (Å²) in [5, 5.41) is 15.9. The normalized spacial score (nSPS) is 13.8. The Morgan fingerprint density at radius 2 is 1.54 bits per heavy atom. The molecule has 124 valence electrons. The second-order valence-corrected chi connectivity index (χ2v) is 5.92. The van der Waals surface area contributed by atoms with Gasteiger partial charge in [-0.15, -0.1) is 0 Å². The molecule has 2 atom stereocenters. The van der Waals surface area contributed by atoms with Crippen molar-refractivity contribution in [3.05, 3.63) is 83.4 Å². The molecular weight excluding hydrogens is 308 g/mol. The lowest BCUT2D eigenvalue weighted by Crippen LogP contribution is -2.23. The van der Waals surface area contributed by atoms with E-state index in [-0.39, 0.29) is 11.5 Å². The fourth-order valence-corrected chi connectivity index (χ4v) is 3.05. The predicted octanol–water partition coefficient (Wildman–Crippen LogP) is 4.15. The molecule has 0 aliphatic carbocycles. The SMILES string of the molecule is CNC[C@H](c1ccc2ccccc2c1)[C@@H](O)c1cc(F)cc(F)c1. The van der Waals surface area contributed by atoms with Gasteiger partial charge in [-0.2, -0.15) is 0 Å². The molecule has 3 rings (SSSR count). The minimum Gasteiger partial charge on any atom is -0.388 e. The Kier molecular flexibility index (Phi) is 4.88. The van der Waals surface area contributed by atoms with Gasteiger partial charge in [0.15, 0.2) is 0 Å². The van der Waals surface area contributed by atoms with Crippen molar-refractivity contribution in [2.24, 2.45) is 0 Å². The highest BCUT2D eigenvalue weighted by molar-refractivity contribution is 5.83. The molecule has 0 fully saturated rings. The average Bonchev–Trinajstić information content (AvgIpc) is 2.58. The zero-order valence-corrected chi connectivity index (χ0v) is 13.3. The van der Waals surface area contributed by atoms with Crippen LogP contribution in [0.5, 0.6) is 0 Å². The fourth-order valence-electron chi connectivity index (χ4n) is 3.05. The number of benzene rings is 3. The molecule has 24 heavy (non-hydrogen) atoms. The Labute approximate surface area is 139 Å². The van der Waals surface area contributed by atoms with Crippen LogP contribution in [0.3, 0.4) is 0 Å². The van der Waals surface area contributed by atoms with Crippen LogP contribution in [0.2, 0.25) is 0 Å². The van der Waals surface area contributed by atoms with E-state index in [9.17, 15) is 13.9 Å². The maximum Gasteiger partial charge on any atom is 0.126 e. The molecule has 3 aromatic carbocycles. The molecule has 0 amide bonds. The van der Waals surface area contributed by atoms with Crippen LogP contribution in [-0.2, 0) is 0 Å². The molecule has 0 aromatic heterocycles. The standard InChI is InChI=1S/C20H19F2NO/c1-23-12-19(20(24)16-9-17(21)11-18(22)10-16)15-7-6-13-4-2-3-5-14(13)8-15/h2-11,19-20,23-24H,12H2,1H3/t19-,20+/m1/s1. The quantitative estimate of drug-likeness (QED) is 0.738. The summed E-state index contributed by atoms with van der Waals surface area (Å²) in [4.78, 5) is 0. The Balaban J connectivity index is 2.00. The van der Waals surface area contributed by atoms with E-state index >= 15 is 0 Å². The largest absolute Gasteiger partial charge is 0.388 e. The third-order valence-electron chi connectivity index (χ3n) is 4.23. The van der Waals surface area contributed by atoms with Crippen molar-refractivity contribution in [3.63, 3.8) is 0 Å². The molecule has 0 unspecified atom stereocenters. The molecule has 0 aliphatic rings. The number of aliphatic hydroxyl groups excluding tert-OH is 1. The van der Waals surface area contributed by atoms with E-state index in [0.29, 0.717) is 6.54 Å². The first-order valence-corrected chi connectivity index (χ1v) is 7.86. The van der Waals surface area contributed by atoms with Crippen molar-refractivity contribution in [2.75, 3.05) is 13.6 Å². The Hall–Kier alpha value is -2.30. The number of hydrogen-bond acceptors (Lipinski definition) is 2. The summed E-state index contributed by atoms with van der Waals surface area (Å²) in [7, 11) is 1.78. The summed E-state index contributed by atoms with van der Waals surface area (Å²) in [6.45, 7) is 0.484. The van der Waals surface area contributed by atoms with Crippen molar-refractivity contribution in [3.8, 4) is 0 Å². The third-order valence-corrected chi connectivity index (χ3v) is 4.23. The molecule has 0 aliphatic heterocycles. The van der Waals surface area contributed by atoms with Gasteiger partial charge >= 0.3 is 0 Å². The smallest absolute Gasteiger partial charge is 0.126 e. The highest BCUT2D eigenvalue weighted by atomic mass is 19.1. The van der Waals surface area contributed by atoms with E-state index in [0.717, 1.165) is 22.4 Å². The first kappa shape index (κ1) is 16.6. The highest BCUT2D eigenvalue weighted by Gasteiger charge is 2.23. The molecule has 2 N–H and O–H groups in total. The lowest BCUT2D eigenvalue weighted by molar-refractivity contribution is 0.143. The van der Waals surface area contributed by atoms with Crippen LogP contribution >= 0.6 is 0 Å². The van der Waals surface area contributed by atoms with Gasteiger partial charge < -0.3 is 10.4 Å². The summed E-state index contributed by atoms with van der Waals surface area (Å²) < 4.78 is 27.0. The van der Waals surface area contributed by atoms with Crippen LogP contribution in [-0.4, -0.2) is 18.7 Å². The van der Waals surface area contributed by atoms with Gasteiger partial charge in [0.25, 0.3) is 0 Å². The molecule has 0 bridgehead atoms. The van der Waals surface area contributed by atoms with Gasteiger partial charge in [0.1, 0.15) is 11.6 Å². The number of likely N-dealkylation sites (N-methyl/N-ethyl adjacent to an activating group) is 1. The fraction of sp³-hybridized carbons (Fsp3) is 0.200. The first-order chi connectivity index (χ1) is 11.6. The summed E-state index contributed by atoms with van der Waals surface area (Å²) in [6, 6.07) is 17.1. The van der Waals surface area contributed by atoms with Crippen LogP contribution in [0.25, 0.3) is 10.8 Å². The van der Waals surface area contributed by atoms with Gasteiger partial charge in [-0.25, -0.2) is 8.78 Å². The molecule has 0 radical (unpaired) electrons. The van der Waals surface area contributed by atoms with Crippen molar-refractivity contribution >= 4 is 10.8 Å². The second-order valence-electron chi connectivity index (χ2n) is 5.92. The van der Waals surface area contributed by atoms with Gasteiger partial charge in [0.2, 0.25) is 0 Å². The van der Waals surface area contributed by atoms with E-state index in [4.69, 9.17) is 0 Å². The van der Waals surface area contributed by atoms with Crippen molar-refractivity contribution < 1.29 is 13.9 Å². The molecule has 0 heterocycles. The van der Waals surface area contributed by atoms with Crippen LogP contribution in [0, 0.1) is 11.6 Å². The van der Waals surface area contributed by atoms with Gasteiger partial charge in [0.05, 0.1) is 6.10 Å². The minimum absolute atomic E-state index is 0.237. The maximum absolute atomic E-state index is 13.5. The molecule has 4 heteroatoms. The van der Waals surface area contributed by atoms with Crippen molar-refractivity contribution in [1.82, 2.24) is 5.32 Å². The number of fused-ring (bicyclic) bond motifs is 1. The molecule has 0 saturated heterocycles. The maximum atomic E-state index is 13.5. The van der Waals surface area contributed by atoms with E-state index in [1.807, 2.05) is 42.5 Å². The predicted molar refractivity (Wildman–Crippen MR) is 91.9 cm³/mol. The van der Waals surface area contributed by atoms with Crippen molar-refractivity contribution in [2.45, 2.75) is 12.0 Å². The molecule has 0 spiro atoms. The van der Waals surface area contributed by atoms with Crippen LogP contribution in [0.4, 0.5) is 8.78 Å². The topological polar surface area (TPSA) is 32.3 Å². The van der Waals surface area contributed by atoms with E-state index in [1.54, 1.807) is 7.05 Å². The average molecular weight is 327 g/mol. The molecule has 3 aromatic rings. The summed E-state index contributed by atoms with van der Waals surface area (Å²) in [5.41, 5.74) is 1.15. The Morgan fingerprint density at radius 3 is 2.21 bits per heavy atom. The van der Waals surface area contributed by atoms with Gasteiger partial charge in [-0.3, -0.25) is 0 Å². The Morgan fingerprint density at radius 1 is 0.875 bits per heavy atom. The lowest BCUT2D eigenvalue weighted by Gasteiger charge is -2.24. The number of nitrogens with one attached hydrogen (secondary N) is 1. The summed E-state index contributed by atoms with van der Waals surface area (Å²) in [5.74, 6) is -1.70. The molecule has 0 saturated carbocycles. The zero-order valence-electron chi connectivity index (χ0n) is 13.3. The molecule has 2 nitrogen and oxygen atoms in total. The third kappa shape index (κ3) is 3.45.